The maximum Gasteiger partial charge on any atom is 0.463 e. The van der Waals surface area contributed by atoms with Crippen molar-refractivity contribution in [1.29, 1.82) is 0 Å². The van der Waals surface area contributed by atoms with Crippen LogP contribution in [0.2, 0.25) is 0 Å². The second-order valence-electron chi connectivity index (χ2n) is 4.01. The van der Waals surface area contributed by atoms with Gasteiger partial charge in [-0.25, -0.2) is 0 Å². The predicted octanol–water partition coefficient (Wildman–Crippen LogP) is 2.00. The molecule has 0 aromatic carbocycles. The zero-order chi connectivity index (χ0) is 18.7. The molecule has 2 amide bonds. The minimum atomic E-state index is -6.15. The Bertz CT molecular complexity index is 403. The van der Waals surface area contributed by atoms with E-state index in [0.29, 0.717) is 0 Å². The fourth-order valence-electron chi connectivity index (χ4n) is 0.972. The Labute approximate surface area is 121 Å². The molecular formula is C9H8F10N2O2. The van der Waals surface area contributed by atoms with Crippen LogP contribution in [-0.4, -0.2) is 49.1 Å². The normalized spacial score (nSPS) is 13.7. The number of halogens is 10. The van der Waals surface area contributed by atoms with Gasteiger partial charge in [0.25, 0.3) is 11.8 Å². The molecule has 0 unspecified atom stereocenters. The third-order valence-corrected chi connectivity index (χ3v) is 2.21. The molecule has 0 spiro atoms. The number of rotatable bonds is 6. The van der Waals surface area contributed by atoms with Crippen LogP contribution < -0.4 is 10.6 Å². The molecule has 0 rings (SSSR count). The Balaban J connectivity index is 4.27. The van der Waals surface area contributed by atoms with Crippen molar-refractivity contribution >= 4 is 11.8 Å². The maximum absolute atomic E-state index is 12.4. The highest BCUT2D eigenvalue weighted by atomic mass is 19.4. The molecule has 0 saturated carbocycles. The van der Waals surface area contributed by atoms with Crippen molar-refractivity contribution in [2.75, 3.05) is 13.1 Å². The first-order chi connectivity index (χ1) is 10.0. The first-order valence-corrected chi connectivity index (χ1v) is 5.51. The molecule has 0 fully saturated rings. The van der Waals surface area contributed by atoms with Crippen molar-refractivity contribution in [2.24, 2.45) is 0 Å². The Kier molecular flexibility index (Phi) is 6.26. The standard InChI is InChI=1S/C9H8F10N2O2/c10-6(11,8(14,15)16)4(22)20-2-1-3-21-5(23)7(12,13)9(17,18)19/h1-3H2,(H,20,22)(H,21,23). The van der Waals surface area contributed by atoms with E-state index in [0.717, 1.165) is 10.6 Å². The summed E-state index contributed by atoms with van der Waals surface area (Å²) in [4.78, 5) is 21.1. The van der Waals surface area contributed by atoms with E-state index in [2.05, 4.69) is 0 Å². The summed E-state index contributed by atoms with van der Waals surface area (Å²) in [6.45, 7) is -1.86. The number of alkyl halides is 10. The summed E-state index contributed by atoms with van der Waals surface area (Å²) in [6, 6.07) is 0. The summed E-state index contributed by atoms with van der Waals surface area (Å²) in [7, 11) is 0. The molecule has 4 nitrogen and oxygen atoms in total. The monoisotopic (exact) mass is 366 g/mol. The molecule has 136 valence electrons. The molecule has 2 N–H and O–H groups in total. The van der Waals surface area contributed by atoms with E-state index in [1.165, 1.54) is 0 Å². The van der Waals surface area contributed by atoms with Crippen molar-refractivity contribution in [3.8, 4) is 0 Å². The van der Waals surface area contributed by atoms with Gasteiger partial charge in [0, 0.05) is 13.1 Å². The second kappa shape index (κ2) is 6.78. The Morgan fingerprint density at radius 3 is 1.09 bits per heavy atom. The smallest absolute Gasteiger partial charge is 0.350 e. The van der Waals surface area contributed by atoms with E-state index in [-0.39, 0.29) is 0 Å². The average Bonchev–Trinajstić information content (AvgIpc) is 2.34. The van der Waals surface area contributed by atoms with Gasteiger partial charge in [0.2, 0.25) is 0 Å². The van der Waals surface area contributed by atoms with Crippen molar-refractivity contribution in [3.63, 3.8) is 0 Å². The number of nitrogens with one attached hydrogen (secondary N) is 2. The Hall–Kier alpha value is -1.76. The van der Waals surface area contributed by atoms with Crippen LogP contribution in [0.25, 0.3) is 0 Å². The first-order valence-electron chi connectivity index (χ1n) is 5.51. The van der Waals surface area contributed by atoms with Crippen LogP contribution in [0.4, 0.5) is 43.9 Å². The summed E-state index contributed by atoms with van der Waals surface area (Å²) in [5.41, 5.74) is 0. The van der Waals surface area contributed by atoms with Gasteiger partial charge in [0.1, 0.15) is 0 Å². The van der Waals surface area contributed by atoms with E-state index in [9.17, 15) is 53.5 Å². The van der Waals surface area contributed by atoms with E-state index in [4.69, 9.17) is 0 Å². The predicted molar refractivity (Wildman–Crippen MR) is 52.6 cm³/mol. The van der Waals surface area contributed by atoms with Crippen LogP contribution >= 0.6 is 0 Å². The highest BCUT2D eigenvalue weighted by Crippen LogP contribution is 2.36. The fraction of sp³-hybridized carbons (Fsp3) is 0.778. The number of amides is 2. The van der Waals surface area contributed by atoms with Gasteiger partial charge in [-0.2, -0.15) is 43.9 Å². The van der Waals surface area contributed by atoms with Crippen molar-refractivity contribution in [2.45, 2.75) is 30.6 Å². The number of hydrogen-bond acceptors (Lipinski definition) is 2. The van der Waals surface area contributed by atoms with Gasteiger partial charge in [0.15, 0.2) is 0 Å². The van der Waals surface area contributed by atoms with E-state index in [1.807, 2.05) is 0 Å². The molecule has 0 heterocycles. The number of carbonyl (C=O) groups is 2. The summed E-state index contributed by atoms with van der Waals surface area (Å²) in [6.07, 6.45) is -13.0. The average molecular weight is 366 g/mol. The van der Waals surface area contributed by atoms with E-state index >= 15 is 0 Å². The highest BCUT2D eigenvalue weighted by Gasteiger charge is 2.64. The third-order valence-electron chi connectivity index (χ3n) is 2.21. The maximum atomic E-state index is 12.4. The summed E-state index contributed by atoms with van der Waals surface area (Å²) < 4.78 is 120. The molecule has 0 aliphatic rings. The van der Waals surface area contributed by atoms with Gasteiger partial charge in [-0.3, -0.25) is 9.59 Å². The lowest BCUT2D eigenvalue weighted by molar-refractivity contribution is -0.269. The third kappa shape index (κ3) is 5.13. The van der Waals surface area contributed by atoms with Crippen LogP contribution in [0, 0.1) is 0 Å². The lowest BCUT2D eigenvalue weighted by Gasteiger charge is -2.19. The van der Waals surface area contributed by atoms with E-state index < -0.39 is 55.5 Å². The molecule has 0 aromatic rings. The molecule has 0 aliphatic heterocycles. The van der Waals surface area contributed by atoms with Crippen LogP contribution in [0.3, 0.4) is 0 Å². The van der Waals surface area contributed by atoms with Crippen LogP contribution in [0.1, 0.15) is 6.42 Å². The van der Waals surface area contributed by atoms with Crippen molar-refractivity contribution in [3.05, 3.63) is 0 Å². The molecule has 0 atom stereocenters. The molecule has 23 heavy (non-hydrogen) atoms. The van der Waals surface area contributed by atoms with Crippen LogP contribution in [0.5, 0.6) is 0 Å². The first kappa shape index (κ1) is 21.2. The molecule has 14 heteroatoms. The van der Waals surface area contributed by atoms with Crippen molar-refractivity contribution < 1.29 is 53.5 Å². The Morgan fingerprint density at radius 1 is 0.609 bits per heavy atom. The lowest BCUT2D eigenvalue weighted by atomic mass is 10.3. The zero-order valence-corrected chi connectivity index (χ0v) is 10.7. The molecule has 0 aliphatic carbocycles. The fourth-order valence-corrected chi connectivity index (χ4v) is 0.972. The highest BCUT2D eigenvalue weighted by molar-refractivity contribution is 5.84. The van der Waals surface area contributed by atoms with Gasteiger partial charge in [-0.15, -0.1) is 0 Å². The molecule has 0 saturated heterocycles. The summed E-state index contributed by atoms with van der Waals surface area (Å²) in [5.74, 6) is -16.8. The minimum absolute atomic E-state index is 0.667. The van der Waals surface area contributed by atoms with Crippen LogP contribution in [0.15, 0.2) is 0 Å². The topological polar surface area (TPSA) is 58.2 Å². The molecule has 0 bridgehead atoms. The minimum Gasteiger partial charge on any atom is -0.350 e. The van der Waals surface area contributed by atoms with Crippen LogP contribution in [-0.2, 0) is 9.59 Å². The van der Waals surface area contributed by atoms with E-state index in [1.54, 1.807) is 0 Å². The molecular weight excluding hydrogens is 358 g/mol. The molecule has 0 aromatic heterocycles. The SMILES string of the molecule is O=C(NCCCNC(=O)C(F)(F)C(F)(F)F)C(F)(F)C(F)(F)F. The quantitative estimate of drug-likeness (QED) is 0.558. The summed E-state index contributed by atoms with van der Waals surface area (Å²) >= 11 is 0. The van der Waals surface area contributed by atoms with Gasteiger partial charge >= 0.3 is 24.2 Å². The van der Waals surface area contributed by atoms with Gasteiger partial charge in [-0.1, -0.05) is 0 Å². The summed E-state index contributed by atoms with van der Waals surface area (Å²) in [5, 5.41) is 2.20. The second-order valence-corrected chi connectivity index (χ2v) is 4.01. The lowest BCUT2D eigenvalue weighted by Crippen LogP contribution is -2.52. The molecule has 0 radical (unpaired) electrons. The van der Waals surface area contributed by atoms with Gasteiger partial charge < -0.3 is 10.6 Å². The zero-order valence-electron chi connectivity index (χ0n) is 10.7. The van der Waals surface area contributed by atoms with Gasteiger partial charge in [-0.05, 0) is 6.42 Å². The Morgan fingerprint density at radius 2 is 0.870 bits per heavy atom. The number of hydrogen-bond donors (Lipinski definition) is 2. The van der Waals surface area contributed by atoms with Crippen molar-refractivity contribution in [1.82, 2.24) is 10.6 Å². The van der Waals surface area contributed by atoms with Gasteiger partial charge in [0.05, 0.1) is 0 Å². The largest absolute Gasteiger partial charge is 0.463 e. The number of carbonyl (C=O) groups excluding carboxylic acids is 2.